The summed E-state index contributed by atoms with van der Waals surface area (Å²) in [5.41, 5.74) is 1.29. The molecule has 17 heavy (non-hydrogen) atoms. The van der Waals surface area contributed by atoms with E-state index in [1.54, 1.807) is 0 Å². The van der Waals surface area contributed by atoms with Crippen molar-refractivity contribution in [2.45, 2.75) is 19.4 Å². The number of piperazine rings is 1. The van der Waals surface area contributed by atoms with Crippen molar-refractivity contribution in [3.63, 3.8) is 0 Å². The highest BCUT2D eigenvalue weighted by Gasteiger charge is 2.13. The second kappa shape index (κ2) is 6.58. The summed E-state index contributed by atoms with van der Waals surface area (Å²) in [6.07, 6.45) is 5.63. The highest BCUT2D eigenvalue weighted by molar-refractivity contribution is 5.48. The average molecular weight is 230 g/mol. The molecular weight excluding hydrogens is 208 g/mol. The van der Waals surface area contributed by atoms with Crippen LogP contribution in [0.3, 0.4) is 0 Å². The van der Waals surface area contributed by atoms with E-state index >= 15 is 0 Å². The number of nitrogens with one attached hydrogen (secondary N) is 1. The standard InChI is InChI=1S/C15H22N2/c1-14-13-17(12-10-16-14)11-6-5-9-15-7-3-2-4-8-15/h2-5,7-9,14,16H,6,10-13H2,1H3. The van der Waals surface area contributed by atoms with E-state index < -0.39 is 0 Å². The zero-order valence-corrected chi connectivity index (χ0v) is 10.6. The Kier molecular flexibility index (Phi) is 4.77. The molecule has 0 radical (unpaired) electrons. The predicted molar refractivity (Wildman–Crippen MR) is 74.0 cm³/mol. The maximum atomic E-state index is 3.47. The number of benzene rings is 1. The van der Waals surface area contributed by atoms with E-state index in [1.807, 2.05) is 0 Å². The molecule has 1 unspecified atom stereocenters. The van der Waals surface area contributed by atoms with E-state index in [2.05, 4.69) is 59.6 Å². The molecule has 1 aliphatic heterocycles. The Morgan fingerprint density at radius 1 is 1.35 bits per heavy atom. The van der Waals surface area contributed by atoms with Crippen LogP contribution in [0.4, 0.5) is 0 Å². The molecule has 0 aliphatic carbocycles. The van der Waals surface area contributed by atoms with Gasteiger partial charge in [0.1, 0.15) is 0 Å². The molecule has 0 aromatic heterocycles. The highest BCUT2D eigenvalue weighted by Crippen LogP contribution is 2.04. The lowest BCUT2D eigenvalue weighted by Gasteiger charge is -2.31. The van der Waals surface area contributed by atoms with Crippen LogP contribution in [0.25, 0.3) is 6.08 Å². The third kappa shape index (κ3) is 4.33. The van der Waals surface area contributed by atoms with Gasteiger partial charge in [-0.15, -0.1) is 0 Å². The van der Waals surface area contributed by atoms with Crippen LogP contribution in [0.1, 0.15) is 18.9 Å². The first-order chi connectivity index (χ1) is 8.34. The third-order valence-electron chi connectivity index (χ3n) is 3.17. The van der Waals surface area contributed by atoms with Crippen molar-refractivity contribution in [2.24, 2.45) is 0 Å². The number of hydrogen-bond donors (Lipinski definition) is 1. The molecule has 92 valence electrons. The fraction of sp³-hybridized carbons (Fsp3) is 0.467. The molecule has 2 heteroatoms. The summed E-state index contributed by atoms with van der Waals surface area (Å²) in [7, 11) is 0. The fourth-order valence-electron chi connectivity index (χ4n) is 2.26. The van der Waals surface area contributed by atoms with Crippen LogP contribution >= 0.6 is 0 Å². The van der Waals surface area contributed by atoms with Crippen LogP contribution in [0, 0.1) is 0 Å². The normalized spacial score (nSPS) is 22.1. The Labute approximate surface area is 104 Å². The number of hydrogen-bond acceptors (Lipinski definition) is 2. The summed E-state index contributed by atoms with van der Waals surface area (Å²) >= 11 is 0. The second-order valence-electron chi connectivity index (χ2n) is 4.76. The van der Waals surface area contributed by atoms with Crippen LogP contribution in [0.2, 0.25) is 0 Å². The molecule has 1 heterocycles. The second-order valence-corrected chi connectivity index (χ2v) is 4.76. The van der Waals surface area contributed by atoms with Crippen molar-refractivity contribution in [1.82, 2.24) is 10.2 Å². The summed E-state index contributed by atoms with van der Waals surface area (Å²) in [5.74, 6) is 0. The van der Waals surface area contributed by atoms with Crippen LogP contribution in [0.15, 0.2) is 36.4 Å². The van der Waals surface area contributed by atoms with Crippen molar-refractivity contribution < 1.29 is 0 Å². The van der Waals surface area contributed by atoms with E-state index in [4.69, 9.17) is 0 Å². The van der Waals surface area contributed by atoms with Crippen molar-refractivity contribution in [2.75, 3.05) is 26.2 Å². The monoisotopic (exact) mass is 230 g/mol. The topological polar surface area (TPSA) is 15.3 Å². The summed E-state index contributed by atoms with van der Waals surface area (Å²) in [4.78, 5) is 2.54. The molecule has 2 rings (SSSR count). The Bertz CT molecular complexity index is 345. The molecule has 1 N–H and O–H groups in total. The van der Waals surface area contributed by atoms with Crippen molar-refractivity contribution in [1.29, 1.82) is 0 Å². The molecule has 2 nitrogen and oxygen atoms in total. The largest absolute Gasteiger partial charge is 0.312 e. The zero-order valence-electron chi connectivity index (χ0n) is 10.6. The fourth-order valence-corrected chi connectivity index (χ4v) is 2.26. The van der Waals surface area contributed by atoms with Crippen LogP contribution in [0.5, 0.6) is 0 Å². The molecule has 0 spiro atoms. The highest BCUT2D eigenvalue weighted by atomic mass is 15.2. The van der Waals surface area contributed by atoms with E-state index in [1.165, 1.54) is 25.2 Å². The van der Waals surface area contributed by atoms with Crippen molar-refractivity contribution >= 4 is 6.08 Å². The first kappa shape index (κ1) is 12.3. The lowest BCUT2D eigenvalue weighted by atomic mass is 10.2. The van der Waals surface area contributed by atoms with E-state index in [0.717, 1.165) is 13.0 Å². The minimum Gasteiger partial charge on any atom is -0.312 e. The van der Waals surface area contributed by atoms with Gasteiger partial charge in [0.15, 0.2) is 0 Å². The van der Waals surface area contributed by atoms with Gasteiger partial charge in [0.05, 0.1) is 0 Å². The molecule has 1 aliphatic rings. The molecule has 0 saturated carbocycles. The van der Waals surface area contributed by atoms with Crippen molar-refractivity contribution in [3.05, 3.63) is 42.0 Å². The van der Waals surface area contributed by atoms with Crippen molar-refractivity contribution in [3.8, 4) is 0 Å². The Morgan fingerprint density at radius 2 is 2.18 bits per heavy atom. The lowest BCUT2D eigenvalue weighted by molar-refractivity contribution is 0.210. The minimum absolute atomic E-state index is 0.641. The van der Waals surface area contributed by atoms with Gasteiger partial charge in [-0.2, -0.15) is 0 Å². The average Bonchev–Trinajstić information content (AvgIpc) is 2.36. The third-order valence-corrected chi connectivity index (χ3v) is 3.17. The van der Waals surface area contributed by atoms with Gasteiger partial charge in [-0.3, -0.25) is 0 Å². The van der Waals surface area contributed by atoms with E-state index in [-0.39, 0.29) is 0 Å². The summed E-state index contributed by atoms with van der Waals surface area (Å²) < 4.78 is 0. The Hall–Kier alpha value is -1.12. The van der Waals surface area contributed by atoms with E-state index in [0.29, 0.717) is 6.04 Å². The van der Waals surface area contributed by atoms with Gasteiger partial charge in [0.2, 0.25) is 0 Å². The molecule has 1 fully saturated rings. The number of nitrogens with zero attached hydrogens (tertiary/aromatic N) is 1. The van der Waals surface area contributed by atoms with Crippen LogP contribution in [-0.4, -0.2) is 37.1 Å². The summed E-state index contributed by atoms with van der Waals surface area (Å²) in [5, 5.41) is 3.47. The molecule has 0 amide bonds. The van der Waals surface area contributed by atoms with Gasteiger partial charge in [-0.1, -0.05) is 42.5 Å². The van der Waals surface area contributed by atoms with Crippen LogP contribution < -0.4 is 5.32 Å². The SMILES string of the molecule is CC1CN(CCC=Cc2ccccc2)CCN1. The van der Waals surface area contributed by atoms with Gasteiger partial charge in [0, 0.05) is 32.2 Å². The molecule has 0 bridgehead atoms. The molecule has 1 atom stereocenters. The van der Waals surface area contributed by atoms with Gasteiger partial charge < -0.3 is 10.2 Å². The van der Waals surface area contributed by atoms with Gasteiger partial charge in [-0.25, -0.2) is 0 Å². The molecule has 1 saturated heterocycles. The van der Waals surface area contributed by atoms with Gasteiger partial charge in [0.25, 0.3) is 0 Å². The minimum atomic E-state index is 0.641. The van der Waals surface area contributed by atoms with E-state index in [9.17, 15) is 0 Å². The first-order valence-electron chi connectivity index (χ1n) is 6.52. The Morgan fingerprint density at radius 3 is 2.94 bits per heavy atom. The smallest absolute Gasteiger partial charge is 0.0167 e. The quantitative estimate of drug-likeness (QED) is 0.854. The maximum Gasteiger partial charge on any atom is 0.0167 e. The summed E-state index contributed by atoms with van der Waals surface area (Å²) in [6.45, 7) is 6.92. The van der Waals surface area contributed by atoms with Gasteiger partial charge in [-0.05, 0) is 18.9 Å². The van der Waals surface area contributed by atoms with Gasteiger partial charge >= 0.3 is 0 Å². The predicted octanol–water partition coefficient (Wildman–Crippen LogP) is 2.38. The summed E-state index contributed by atoms with van der Waals surface area (Å²) in [6, 6.07) is 11.1. The molecule has 1 aromatic rings. The zero-order chi connectivity index (χ0) is 11.9. The molecular formula is C15H22N2. The van der Waals surface area contributed by atoms with Crippen LogP contribution in [-0.2, 0) is 0 Å². The Balaban J connectivity index is 1.70. The molecule has 1 aromatic carbocycles. The number of rotatable bonds is 4. The first-order valence-corrected chi connectivity index (χ1v) is 6.52. The lowest BCUT2D eigenvalue weighted by Crippen LogP contribution is -2.49. The maximum absolute atomic E-state index is 3.47.